The van der Waals surface area contributed by atoms with Crippen molar-refractivity contribution in [1.82, 2.24) is 0 Å². The van der Waals surface area contributed by atoms with Crippen LogP contribution < -0.4 is 0 Å². The monoisotopic (exact) mass is 112 g/mol. The van der Waals surface area contributed by atoms with Crippen LogP contribution in [0.5, 0.6) is 0 Å². The molecule has 8 heavy (non-hydrogen) atoms. The van der Waals surface area contributed by atoms with Gasteiger partial charge in [0.15, 0.2) is 0 Å². The van der Waals surface area contributed by atoms with Crippen LogP contribution in [0.3, 0.4) is 0 Å². The average Bonchev–Trinajstić information content (AvgIpc) is 2.19. The molecule has 1 saturated carbocycles. The fourth-order valence-corrected chi connectivity index (χ4v) is 0.136. The summed E-state index contributed by atoms with van der Waals surface area (Å²) in [6.07, 6.45) is 3.65. The summed E-state index contributed by atoms with van der Waals surface area (Å²) in [7, 11) is 0. The highest BCUT2D eigenvalue weighted by molar-refractivity contribution is 4.90. The van der Waals surface area contributed by atoms with Crippen LogP contribution in [0.1, 0.15) is 27.2 Å². The second-order valence-electron chi connectivity index (χ2n) is 2.84. The molecule has 1 atom stereocenters. The topological polar surface area (TPSA) is 0 Å². The minimum atomic E-state index is 0.583. The molecule has 1 fully saturated rings. The summed E-state index contributed by atoms with van der Waals surface area (Å²) in [4.78, 5) is 0. The minimum Gasteiger partial charge on any atom is -0.0628 e. The fourth-order valence-electron chi connectivity index (χ4n) is 0.136. The van der Waals surface area contributed by atoms with Gasteiger partial charge in [-0.2, -0.15) is 0 Å². The maximum absolute atomic E-state index is 3.64. The van der Waals surface area contributed by atoms with Crippen LogP contribution in [-0.4, -0.2) is 0 Å². The van der Waals surface area contributed by atoms with Crippen molar-refractivity contribution in [2.45, 2.75) is 27.2 Å². The summed E-state index contributed by atoms with van der Waals surface area (Å²) in [5.41, 5.74) is 0. The first-order valence-electron chi connectivity index (χ1n) is 3.29. The van der Waals surface area contributed by atoms with Gasteiger partial charge in [-0.25, -0.2) is 0 Å². The smallest absolute Gasteiger partial charge is 0.0355 e. The lowest BCUT2D eigenvalue weighted by atomic mass is 10.3. The zero-order valence-corrected chi connectivity index (χ0v) is 6.15. The van der Waals surface area contributed by atoms with Crippen molar-refractivity contribution in [3.8, 4) is 0 Å². The number of hydrogen-bond acceptors (Lipinski definition) is 0. The molecule has 48 valence electrons. The van der Waals surface area contributed by atoms with E-state index in [0.717, 1.165) is 5.92 Å². The highest BCUT2D eigenvalue weighted by atomic mass is 14.2. The molecule has 0 aromatic rings. The molecule has 0 spiro atoms. The Labute approximate surface area is 53.3 Å². The molecule has 0 amide bonds. The molecule has 1 aliphatic rings. The van der Waals surface area contributed by atoms with Gasteiger partial charge in [-0.1, -0.05) is 27.7 Å². The Kier molecular flexibility index (Phi) is 3.94. The van der Waals surface area contributed by atoms with Crippen molar-refractivity contribution in [2.24, 2.45) is 11.8 Å². The molecule has 0 aliphatic heterocycles. The van der Waals surface area contributed by atoms with E-state index in [4.69, 9.17) is 0 Å². The SMILES string of the molecule is CC1[CH]C1.[CH2]C(C)C. The van der Waals surface area contributed by atoms with Crippen LogP contribution in [0.4, 0.5) is 0 Å². The summed E-state index contributed by atoms with van der Waals surface area (Å²) in [5.74, 6) is 1.54. The highest BCUT2D eigenvalue weighted by Gasteiger charge is 2.13. The van der Waals surface area contributed by atoms with Crippen LogP contribution in [0.25, 0.3) is 0 Å². The van der Waals surface area contributed by atoms with E-state index in [1.54, 1.807) is 0 Å². The quantitative estimate of drug-likeness (QED) is 0.452. The highest BCUT2D eigenvalue weighted by Crippen LogP contribution is 2.24. The molecule has 0 nitrogen and oxygen atoms in total. The lowest BCUT2D eigenvalue weighted by Gasteiger charge is -1.78. The van der Waals surface area contributed by atoms with E-state index >= 15 is 0 Å². The summed E-state index contributed by atoms with van der Waals surface area (Å²) in [6.45, 7) is 9.97. The Morgan fingerprint density at radius 2 is 1.75 bits per heavy atom. The van der Waals surface area contributed by atoms with Crippen molar-refractivity contribution in [1.29, 1.82) is 0 Å². The maximum Gasteiger partial charge on any atom is -0.0355 e. The number of hydrogen-bond donors (Lipinski definition) is 0. The summed E-state index contributed by atoms with van der Waals surface area (Å²) >= 11 is 0. The molecule has 1 aliphatic carbocycles. The van der Waals surface area contributed by atoms with E-state index in [0.29, 0.717) is 5.92 Å². The van der Waals surface area contributed by atoms with Gasteiger partial charge in [-0.05, 0) is 24.7 Å². The van der Waals surface area contributed by atoms with Gasteiger partial charge in [0, 0.05) is 0 Å². The summed E-state index contributed by atoms with van der Waals surface area (Å²) in [5, 5.41) is 0. The first kappa shape index (κ1) is 8.00. The largest absolute Gasteiger partial charge is 0.0628 e. The predicted octanol–water partition coefficient (Wildman–Crippen LogP) is 2.71. The molecule has 0 saturated heterocycles. The Morgan fingerprint density at radius 1 is 1.62 bits per heavy atom. The Balaban J connectivity index is 0.000000122. The van der Waals surface area contributed by atoms with E-state index in [1.807, 2.05) is 0 Å². The van der Waals surface area contributed by atoms with Gasteiger partial charge in [0.2, 0.25) is 0 Å². The van der Waals surface area contributed by atoms with E-state index in [1.165, 1.54) is 6.42 Å². The van der Waals surface area contributed by atoms with Gasteiger partial charge in [0.25, 0.3) is 0 Å². The first-order chi connectivity index (χ1) is 3.63. The van der Waals surface area contributed by atoms with Crippen LogP contribution in [-0.2, 0) is 0 Å². The first-order valence-corrected chi connectivity index (χ1v) is 3.29. The fraction of sp³-hybridized carbons (Fsp3) is 0.750. The normalized spacial score (nSPS) is 17.6. The summed E-state index contributed by atoms with van der Waals surface area (Å²) < 4.78 is 0. The van der Waals surface area contributed by atoms with Gasteiger partial charge >= 0.3 is 0 Å². The van der Waals surface area contributed by atoms with Crippen LogP contribution in [0, 0.1) is 25.2 Å². The third-order valence-corrected chi connectivity index (χ3v) is 0.707. The van der Waals surface area contributed by atoms with E-state index in [9.17, 15) is 0 Å². The lowest BCUT2D eigenvalue weighted by molar-refractivity contribution is 0.827. The average molecular weight is 112 g/mol. The van der Waals surface area contributed by atoms with Crippen molar-refractivity contribution in [2.75, 3.05) is 0 Å². The third kappa shape index (κ3) is 16.7. The predicted molar refractivity (Wildman–Crippen MR) is 38.3 cm³/mol. The van der Waals surface area contributed by atoms with E-state index in [2.05, 4.69) is 34.1 Å². The van der Waals surface area contributed by atoms with E-state index < -0.39 is 0 Å². The molecule has 0 heterocycles. The molecule has 0 heteroatoms. The van der Waals surface area contributed by atoms with Gasteiger partial charge in [-0.15, -0.1) is 0 Å². The van der Waals surface area contributed by atoms with Crippen LogP contribution in [0.2, 0.25) is 0 Å². The molecule has 2 radical (unpaired) electrons. The molecule has 1 unspecified atom stereocenters. The Bertz CT molecular complexity index is 39.2. The third-order valence-electron chi connectivity index (χ3n) is 0.707. The van der Waals surface area contributed by atoms with E-state index in [-0.39, 0.29) is 0 Å². The standard InChI is InChI=1S/C4H7.C4H9/c1-4-2-3-4;1-4(2)3/h2,4H,3H2,1H3;4H,1H2,2-3H3. The minimum absolute atomic E-state index is 0.583. The van der Waals surface area contributed by atoms with Crippen molar-refractivity contribution < 1.29 is 0 Å². The number of rotatable bonds is 0. The van der Waals surface area contributed by atoms with Gasteiger partial charge in [0.1, 0.15) is 0 Å². The molecule has 0 aromatic carbocycles. The zero-order chi connectivity index (χ0) is 6.57. The molecule has 0 N–H and O–H groups in total. The molecule has 1 rings (SSSR count). The molecule has 0 aromatic heterocycles. The van der Waals surface area contributed by atoms with Crippen molar-refractivity contribution >= 4 is 0 Å². The van der Waals surface area contributed by atoms with Crippen molar-refractivity contribution in [3.63, 3.8) is 0 Å². The lowest BCUT2D eigenvalue weighted by Crippen LogP contribution is -1.67. The Morgan fingerprint density at radius 3 is 1.75 bits per heavy atom. The van der Waals surface area contributed by atoms with Crippen LogP contribution >= 0.6 is 0 Å². The zero-order valence-electron chi connectivity index (χ0n) is 6.15. The van der Waals surface area contributed by atoms with Gasteiger partial charge < -0.3 is 0 Å². The second kappa shape index (κ2) is 3.94. The van der Waals surface area contributed by atoms with Gasteiger partial charge in [-0.3, -0.25) is 0 Å². The summed E-state index contributed by atoms with van der Waals surface area (Å²) in [6, 6.07) is 0. The Hall–Kier alpha value is 0. The van der Waals surface area contributed by atoms with Crippen LogP contribution in [0.15, 0.2) is 0 Å². The maximum atomic E-state index is 3.64. The molecule has 0 bridgehead atoms. The molecular formula is C8H16. The second-order valence-corrected chi connectivity index (χ2v) is 2.84. The van der Waals surface area contributed by atoms with Gasteiger partial charge in [0.05, 0.1) is 0 Å². The molecular weight excluding hydrogens is 96.1 g/mol. The van der Waals surface area contributed by atoms with Crippen molar-refractivity contribution in [3.05, 3.63) is 13.3 Å².